The summed E-state index contributed by atoms with van der Waals surface area (Å²) in [7, 11) is 0. The van der Waals surface area contributed by atoms with Gasteiger partial charge >= 0.3 is 5.97 Å². The Morgan fingerprint density at radius 1 is 1.00 bits per heavy atom. The Hall–Kier alpha value is -1.95. The van der Waals surface area contributed by atoms with Gasteiger partial charge in [-0.1, -0.05) is 44.6 Å². The van der Waals surface area contributed by atoms with E-state index in [9.17, 15) is 14.9 Å². The molecule has 0 amide bonds. The minimum atomic E-state index is -0.489. The zero-order chi connectivity index (χ0) is 17.6. The molecule has 2 aliphatic carbocycles. The lowest BCUT2D eigenvalue weighted by molar-refractivity contribution is -0.384. The normalized spacial score (nSPS) is 19.7. The fraction of sp³-hybridized carbons (Fsp3) is 0.632. The highest BCUT2D eigenvalue weighted by Crippen LogP contribution is 2.31. The third-order valence-corrected chi connectivity index (χ3v) is 5.35. The largest absolute Gasteiger partial charge is 0.363 e. The molecule has 3 rings (SSSR count). The van der Waals surface area contributed by atoms with Gasteiger partial charge in [-0.15, -0.1) is 5.06 Å². The summed E-state index contributed by atoms with van der Waals surface area (Å²) in [5.41, 5.74) is 0.155. The van der Waals surface area contributed by atoms with Crippen LogP contribution in [0.25, 0.3) is 0 Å². The number of nitro benzene ring substituents is 1. The fourth-order valence-corrected chi connectivity index (χ4v) is 4.01. The van der Waals surface area contributed by atoms with Crippen molar-refractivity contribution in [2.75, 3.05) is 0 Å². The molecule has 0 spiro atoms. The Kier molecular flexibility index (Phi) is 6.02. The molecule has 0 saturated heterocycles. The lowest BCUT2D eigenvalue weighted by Gasteiger charge is -2.39. The summed E-state index contributed by atoms with van der Waals surface area (Å²) in [5, 5.41) is 12.9. The molecule has 0 N–H and O–H groups in total. The first-order valence-electron chi connectivity index (χ1n) is 9.40. The van der Waals surface area contributed by atoms with Crippen molar-refractivity contribution in [3.05, 3.63) is 39.9 Å². The van der Waals surface area contributed by atoms with E-state index in [1.807, 2.05) is 5.06 Å². The molecule has 2 fully saturated rings. The molecule has 1 aromatic rings. The average Bonchev–Trinajstić information content (AvgIpc) is 2.67. The highest BCUT2D eigenvalue weighted by atomic mass is 16.7. The van der Waals surface area contributed by atoms with Crippen LogP contribution in [0.3, 0.4) is 0 Å². The molecule has 0 unspecified atom stereocenters. The molecule has 0 radical (unpaired) electrons. The molecule has 2 aliphatic rings. The van der Waals surface area contributed by atoms with Crippen LogP contribution in [0.1, 0.15) is 74.6 Å². The second kappa shape index (κ2) is 8.43. The van der Waals surface area contributed by atoms with Crippen LogP contribution >= 0.6 is 0 Å². The standard InChI is InChI=1S/C19H26N2O4/c22-19(15-8-7-13-18(14-15)21(23)24)25-20(16-9-3-1-4-10-16)17-11-5-2-6-12-17/h7-8,13-14,16-17H,1-6,9-12H2. The SMILES string of the molecule is O=C(ON(C1CCCCC1)C1CCCCC1)c1cccc([N+](=O)[O-])c1. The molecule has 25 heavy (non-hydrogen) atoms. The summed E-state index contributed by atoms with van der Waals surface area (Å²) in [6.45, 7) is 0. The number of nitro groups is 1. The monoisotopic (exact) mass is 346 g/mol. The Morgan fingerprint density at radius 3 is 2.08 bits per heavy atom. The molecule has 0 heterocycles. The molecule has 0 bridgehead atoms. The Morgan fingerprint density at radius 2 is 1.56 bits per heavy atom. The number of nitrogens with zero attached hydrogens (tertiary/aromatic N) is 2. The van der Waals surface area contributed by atoms with Gasteiger partial charge < -0.3 is 4.84 Å². The van der Waals surface area contributed by atoms with Gasteiger partial charge in [0.05, 0.1) is 10.5 Å². The highest BCUT2D eigenvalue weighted by Gasteiger charge is 2.32. The van der Waals surface area contributed by atoms with Gasteiger partial charge in [0.1, 0.15) is 0 Å². The van der Waals surface area contributed by atoms with E-state index in [0.717, 1.165) is 25.7 Å². The molecule has 0 aliphatic heterocycles. The maximum absolute atomic E-state index is 12.6. The Balaban J connectivity index is 1.75. The molecule has 2 saturated carbocycles. The number of hydrogen-bond donors (Lipinski definition) is 0. The summed E-state index contributed by atoms with van der Waals surface area (Å²) in [5.74, 6) is -0.486. The van der Waals surface area contributed by atoms with Crippen LogP contribution in [0.5, 0.6) is 0 Å². The van der Waals surface area contributed by atoms with E-state index >= 15 is 0 Å². The van der Waals surface area contributed by atoms with E-state index in [1.54, 1.807) is 6.07 Å². The van der Waals surface area contributed by atoms with Crippen molar-refractivity contribution in [1.29, 1.82) is 0 Å². The second-order valence-electron chi connectivity index (χ2n) is 7.13. The minimum absolute atomic E-state index is 0.0867. The summed E-state index contributed by atoms with van der Waals surface area (Å²) in [6, 6.07) is 6.34. The predicted octanol–water partition coefficient (Wildman–Crippen LogP) is 4.63. The van der Waals surface area contributed by atoms with Crippen molar-refractivity contribution in [3.63, 3.8) is 0 Å². The van der Waals surface area contributed by atoms with Crippen LogP contribution in [0.15, 0.2) is 24.3 Å². The third kappa shape index (κ3) is 4.57. The van der Waals surface area contributed by atoms with E-state index in [4.69, 9.17) is 4.84 Å². The highest BCUT2D eigenvalue weighted by molar-refractivity contribution is 5.89. The summed E-state index contributed by atoms with van der Waals surface area (Å²) in [4.78, 5) is 28.9. The zero-order valence-electron chi connectivity index (χ0n) is 14.6. The summed E-state index contributed by atoms with van der Waals surface area (Å²) >= 11 is 0. The molecular formula is C19H26N2O4. The van der Waals surface area contributed by atoms with Gasteiger partial charge in [-0.25, -0.2) is 4.79 Å². The van der Waals surface area contributed by atoms with Gasteiger partial charge in [-0.3, -0.25) is 10.1 Å². The van der Waals surface area contributed by atoms with Crippen LogP contribution in [0, 0.1) is 10.1 Å². The number of rotatable bonds is 5. The zero-order valence-corrected chi connectivity index (χ0v) is 14.6. The van der Waals surface area contributed by atoms with Crippen LogP contribution in [0.4, 0.5) is 5.69 Å². The van der Waals surface area contributed by atoms with Crippen LogP contribution in [-0.2, 0) is 4.84 Å². The fourth-order valence-electron chi connectivity index (χ4n) is 4.01. The maximum Gasteiger partial charge on any atom is 0.357 e. The Bertz CT molecular complexity index is 589. The van der Waals surface area contributed by atoms with Gasteiger partial charge in [0, 0.05) is 24.2 Å². The van der Waals surface area contributed by atoms with Gasteiger partial charge in [0.2, 0.25) is 0 Å². The van der Waals surface area contributed by atoms with Crippen molar-refractivity contribution in [3.8, 4) is 0 Å². The number of hydrogen-bond acceptors (Lipinski definition) is 5. The van der Waals surface area contributed by atoms with E-state index < -0.39 is 10.9 Å². The van der Waals surface area contributed by atoms with Crippen molar-refractivity contribution in [1.82, 2.24) is 5.06 Å². The first-order valence-corrected chi connectivity index (χ1v) is 9.40. The molecule has 6 nitrogen and oxygen atoms in total. The van der Waals surface area contributed by atoms with Crippen LogP contribution < -0.4 is 0 Å². The maximum atomic E-state index is 12.6. The topological polar surface area (TPSA) is 72.7 Å². The lowest BCUT2D eigenvalue weighted by Crippen LogP contribution is -2.46. The van der Waals surface area contributed by atoms with E-state index in [2.05, 4.69) is 0 Å². The number of carbonyl (C=O) groups is 1. The van der Waals surface area contributed by atoms with Gasteiger partial charge in [0.25, 0.3) is 5.69 Å². The van der Waals surface area contributed by atoms with Crippen molar-refractivity contribution in [2.24, 2.45) is 0 Å². The molecular weight excluding hydrogens is 320 g/mol. The first kappa shape index (κ1) is 17.9. The molecule has 136 valence electrons. The quantitative estimate of drug-likeness (QED) is 0.574. The third-order valence-electron chi connectivity index (χ3n) is 5.35. The molecule has 0 aromatic heterocycles. The average molecular weight is 346 g/mol. The number of carbonyl (C=O) groups excluding carboxylic acids is 1. The van der Waals surface area contributed by atoms with Crippen molar-refractivity contribution >= 4 is 11.7 Å². The minimum Gasteiger partial charge on any atom is -0.363 e. The smallest absolute Gasteiger partial charge is 0.357 e. The first-order chi connectivity index (χ1) is 12.1. The van der Waals surface area contributed by atoms with Crippen LogP contribution in [0.2, 0.25) is 0 Å². The second-order valence-corrected chi connectivity index (χ2v) is 7.13. The van der Waals surface area contributed by atoms with Crippen molar-refractivity contribution in [2.45, 2.75) is 76.3 Å². The van der Waals surface area contributed by atoms with Crippen LogP contribution in [-0.4, -0.2) is 28.0 Å². The molecule has 6 heteroatoms. The Labute approximate surface area is 148 Å². The van der Waals surface area contributed by atoms with E-state index in [0.29, 0.717) is 0 Å². The lowest BCUT2D eigenvalue weighted by atomic mass is 9.90. The van der Waals surface area contributed by atoms with Gasteiger partial charge in [0.15, 0.2) is 0 Å². The number of benzene rings is 1. The molecule has 1 aromatic carbocycles. The molecule has 0 atom stereocenters. The van der Waals surface area contributed by atoms with Gasteiger partial charge in [-0.05, 0) is 31.7 Å². The van der Waals surface area contributed by atoms with E-state index in [-0.39, 0.29) is 23.3 Å². The van der Waals surface area contributed by atoms with Gasteiger partial charge in [-0.2, -0.15) is 0 Å². The number of hydroxylamine groups is 2. The predicted molar refractivity (Wildman–Crippen MR) is 94.1 cm³/mol. The summed E-state index contributed by atoms with van der Waals surface area (Å²) in [6.07, 6.45) is 11.4. The van der Waals surface area contributed by atoms with E-state index in [1.165, 1.54) is 56.7 Å². The summed E-state index contributed by atoms with van der Waals surface area (Å²) < 4.78 is 0. The number of non-ortho nitro benzene ring substituents is 1. The van der Waals surface area contributed by atoms with Crippen molar-refractivity contribution < 1.29 is 14.6 Å².